The van der Waals surface area contributed by atoms with E-state index in [1.165, 1.54) is 0 Å². The Morgan fingerprint density at radius 3 is 2.50 bits per heavy atom. The zero-order chi connectivity index (χ0) is 7.82. The van der Waals surface area contributed by atoms with Gasteiger partial charge in [-0.15, -0.1) is 0 Å². The van der Waals surface area contributed by atoms with E-state index in [9.17, 15) is 0 Å². The maximum atomic E-state index is 8.52. The van der Waals surface area contributed by atoms with Crippen molar-refractivity contribution in [2.24, 2.45) is 5.92 Å². The molecule has 0 aliphatic carbocycles. The van der Waals surface area contributed by atoms with E-state index < -0.39 is 0 Å². The van der Waals surface area contributed by atoms with Crippen LogP contribution in [-0.2, 0) is 0 Å². The van der Waals surface area contributed by atoms with E-state index in [2.05, 4.69) is 12.2 Å². The van der Waals surface area contributed by atoms with Crippen LogP contribution in [0.3, 0.4) is 0 Å². The van der Waals surface area contributed by atoms with Crippen molar-refractivity contribution < 1.29 is 10.2 Å². The predicted octanol–water partition coefficient (Wildman–Crippen LogP) is -0.413. The molecule has 10 heavy (non-hydrogen) atoms. The van der Waals surface area contributed by atoms with Crippen LogP contribution in [0.2, 0.25) is 0 Å². The van der Waals surface area contributed by atoms with Gasteiger partial charge in [0.25, 0.3) is 0 Å². The second-order valence-corrected chi connectivity index (χ2v) is 2.55. The predicted molar refractivity (Wildman–Crippen MR) is 40.8 cm³/mol. The summed E-state index contributed by atoms with van der Waals surface area (Å²) in [6.45, 7) is 4.03. The fraction of sp³-hybridized carbons (Fsp3) is 1.00. The Morgan fingerprint density at radius 2 is 2.00 bits per heavy atom. The summed E-state index contributed by atoms with van der Waals surface area (Å²) in [4.78, 5) is 0. The molecule has 3 nitrogen and oxygen atoms in total. The van der Waals surface area contributed by atoms with Gasteiger partial charge in [-0.2, -0.15) is 0 Å². The number of rotatable bonds is 6. The molecule has 0 rings (SSSR count). The molecule has 0 aromatic carbocycles. The number of aliphatic hydroxyl groups is 2. The zero-order valence-electron chi connectivity index (χ0n) is 6.51. The molecule has 0 spiro atoms. The van der Waals surface area contributed by atoms with Crippen molar-refractivity contribution >= 4 is 0 Å². The molecular formula is C7H17NO2. The van der Waals surface area contributed by atoms with Crippen molar-refractivity contribution in [3.8, 4) is 0 Å². The molecule has 1 atom stereocenters. The van der Waals surface area contributed by atoms with Gasteiger partial charge in [-0.1, -0.05) is 6.92 Å². The first kappa shape index (κ1) is 9.88. The molecule has 0 fully saturated rings. The normalized spacial score (nSPS) is 13.5. The monoisotopic (exact) mass is 147 g/mol. The topological polar surface area (TPSA) is 52.5 Å². The van der Waals surface area contributed by atoms with Crippen LogP contribution in [0.4, 0.5) is 0 Å². The van der Waals surface area contributed by atoms with Crippen LogP contribution >= 0.6 is 0 Å². The first-order valence-corrected chi connectivity index (χ1v) is 3.73. The Labute approximate surface area is 62.1 Å². The van der Waals surface area contributed by atoms with Crippen LogP contribution in [0.1, 0.15) is 13.3 Å². The first-order valence-electron chi connectivity index (χ1n) is 3.73. The van der Waals surface area contributed by atoms with Gasteiger partial charge in [0.15, 0.2) is 0 Å². The van der Waals surface area contributed by atoms with Gasteiger partial charge in [-0.05, 0) is 18.9 Å². The molecule has 0 radical (unpaired) electrons. The summed E-state index contributed by atoms with van der Waals surface area (Å²) in [6.07, 6.45) is 0.832. The fourth-order valence-electron chi connectivity index (χ4n) is 0.750. The molecule has 0 amide bonds. The van der Waals surface area contributed by atoms with Crippen molar-refractivity contribution in [1.82, 2.24) is 5.32 Å². The highest BCUT2D eigenvalue weighted by Gasteiger charge is 1.98. The summed E-state index contributed by atoms with van der Waals surface area (Å²) in [5.74, 6) is 0.497. The van der Waals surface area contributed by atoms with E-state index in [1.54, 1.807) is 0 Å². The maximum Gasteiger partial charge on any atom is 0.0555 e. The van der Waals surface area contributed by atoms with Crippen molar-refractivity contribution in [3.63, 3.8) is 0 Å². The summed E-state index contributed by atoms with van der Waals surface area (Å²) in [7, 11) is 0. The largest absolute Gasteiger partial charge is 0.396 e. The average Bonchev–Trinajstić information content (AvgIpc) is 1.89. The molecule has 0 bridgehead atoms. The van der Waals surface area contributed by atoms with E-state index >= 15 is 0 Å². The molecule has 0 saturated heterocycles. The Morgan fingerprint density at radius 1 is 1.30 bits per heavy atom. The molecule has 0 aromatic rings. The smallest absolute Gasteiger partial charge is 0.0555 e. The lowest BCUT2D eigenvalue weighted by molar-refractivity contribution is 0.254. The minimum absolute atomic E-state index is 0.186. The third-order valence-corrected chi connectivity index (χ3v) is 1.40. The molecule has 0 aromatic heterocycles. The Bertz CT molecular complexity index is 68.6. The molecule has 3 heteroatoms. The quantitative estimate of drug-likeness (QED) is 0.447. The number of hydrogen-bond acceptors (Lipinski definition) is 3. The van der Waals surface area contributed by atoms with Crippen molar-refractivity contribution in [2.75, 3.05) is 26.3 Å². The second kappa shape index (κ2) is 6.99. The number of hydrogen-bond donors (Lipinski definition) is 3. The molecule has 0 heterocycles. The lowest BCUT2D eigenvalue weighted by Crippen LogP contribution is -2.24. The van der Waals surface area contributed by atoms with E-state index in [0.29, 0.717) is 12.5 Å². The SMILES string of the molecule is CC(CCO)CNCCO. The van der Waals surface area contributed by atoms with Crippen LogP contribution in [0.5, 0.6) is 0 Å². The molecule has 62 valence electrons. The third-order valence-electron chi connectivity index (χ3n) is 1.40. The number of aliphatic hydroxyl groups excluding tert-OH is 2. The highest BCUT2D eigenvalue weighted by molar-refractivity contribution is 4.55. The minimum atomic E-state index is 0.186. The van der Waals surface area contributed by atoms with Gasteiger partial charge in [0.05, 0.1) is 6.61 Å². The van der Waals surface area contributed by atoms with Crippen LogP contribution < -0.4 is 5.32 Å². The Hall–Kier alpha value is -0.120. The molecule has 0 aliphatic heterocycles. The van der Waals surface area contributed by atoms with Gasteiger partial charge in [0.2, 0.25) is 0 Å². The van der Waals surface area contributed by atoms with Gasteiger partial charge < -0.3 is 15.5 Å². The summed E-state index contributed by atoms with van der Waals surface area (Å²) in [5.41, 5.74) is 0. The zero-order valence-corrected chi connectivity index (χ0v) is 6.51. The van der Waals surface area contributed by atoms with Crippen molar-refractivity contribution in [3.05, 3.63) is 0 Å². The first-order chi connectivity index (χ1) is 4.81. The van der Waals surface area contributed by atoms with E-state index in [0.717, 1.165) is 13.0 Å². The molecular weight excluding hydrogens is 130 g/mol. The second-order valence-electron chi connectivity index (χ2n) is 2.55. The fourth-order valence-corrected chi connectivity index (χ4v) is 0.750. The van der Waals surface area contributed by atoms with Crippen molar-refractivity contribution in [2.45, 2.75) is 13.3 Å². The van der Waals surface area contributed by atoms with Crippen LogP contribution in [0.15, 0.2) is 0 Å². The molecule has 3 N–H and O–H groups in total. The van der Waals surface area contributed by atoms with Gasteiger partial charge in [-0.3, -0.25) is 0 Å². The highest BCUT2D eigenvalue weighted by atomic mass is 16.3. The standard InChI is InChI=1S/C7H17NO2/c1-7(2-4-9)6-8-3-5-10/h7-10H,2-6H2,1H3. The minimum Gasteiger partial charge on any atom is -0.396 e. The number of nitrogens with one attached hydrogen (secondary N) is 1. The maximum absolute atomic E-state index is 8.52. The molecule has 0 aliphatic rings. The van der Waals surface area contributed by atoms with Crippen LogP contribution in [0, 0.1) is 5.92 Å². The third kappa shape index (κ3) is 6.01. The lowest BCUT2D eigenvalue weighted by atomic mass is 10.1. The molecule has 0 saturated carbocycles. The summed E-state index contributed by atoms with van der Waals surface area (Å²) < 4.78 is 0. The Kier molecular flexibility index (Phi) is 6.91. The summed E-state index contributed by atoms with van der Waals surface area (Å²) in [5, 5.41) is 20.0. The molecule has 1 unspecified atom stereocenters. The van der Waals surface area contributed by atoms with Gasteiger partial charge >= 0.3 is 0 Å². The van der Waals surface area contributed by atoms with Gasteiger partial charge in [0, 0.05) is 13.2 Å². The average molecular weight is 147 g/mol. The van der Waals surface area contributed by atoms with Gasteiger partial charge in [0.1, 0.15) is 0 Å². The summed E-state index contributed by atoms with van der Waals surface area (Å²) in [6, 6.07) is 0. The van der Waals surface area contributed by atoms with E-state index in [-0.39, 0.29) is 13.2 Å². The Balaban J connectivity index is 2.97. The van der Waals surface area contributed by atoms with Crippen LogP contribution in [-0.4, -0.2) is 36.5 Å². The summed E-state index contributed by atoms with van der Waals surface area (Å²) >= 11 is 0. The van der Waals surface area contributed by atoms with E-state index in [4.69, 9.17) is 10.2 Å². The highest BCUT2D eigenvalue weighted by Crippen LogP contribution is 1.96. The van der Waals surface area contributed by atoms with Crippen LogP contribution in [0.25, 0.3) is 0 Å². The van der Waals surface area contributed by atoms with Crippen molar-refractivity contribution in [1.29, 1.82) is 0 Å². The van der Waals surface area contributed by atoms with E-state index in [1.807, 2.05) is 0 Å². The lowest BCUT2D eigenvalue weighted by Gasteiger charge is -2.09. The van der Waals surface area contributed by atoms with Gasteiger partial charge in [-0.25, -0.2) is 0 Å².